The molecule has 4 aromatic rings. The Balaban J connectivity index is 1.77. The van der Waals surface area contributed by atoms with Crippen molar-refractivity contribution < 1.29 is 23.1 Å². The Labute approximate surface area is 175 Å². The monoisotopic (exact) mass is 449 g/mol. The van der Waals surface area contributed by atoms with Crippen molar-refractivity contribution in [2.24, 2.45) is 0 Å². The van der Waals surface area contributed by atoms with Crippen molar-refractivity contribution in [1.82, 2.24) is 19.9 Å². The number of carboxylic acid groups (broad SMARTS) is 1. The van der Waals surface area contributed by atoms with Crippen LogP contribution in [-0.4, -0.2) is 31.0 Å². The molecule has 0 aliphatic rings. The summed E-state index contributed by atoms with van der Waals surface area (Å²) in [6, 6.07) is 5.04. The normalized spacial score (nSPS) is 12.9. The van der Waals surface area contributed by atoms with E-state index in [0.29, 0.717) is 15.9 Å². The molecule has 0 saturated carbocycles. The fourth-order valence-corrected chi connectivity index (χ4v) is 4.02. The van der Waals surface area contributed by atoms with E-state index >= 15 is 0 Å². The molecule has 3 aromatic heterocycles. The summed E-state index contributed by atoms with van der Waals surface area (Å²) in [5, 5.41) is 11.9. The molecule has 8 nitrogen and oxygen atoms in total. The van der Waals surface area contributed by atoms with Crippen LogP contribution < -0.4 is 10.9 Å². The van der Waals surface area contributed by atoms with E-state index in [0.717, 1.165) is 17.4 Å². The zero-order chi connectivity index (χ0) is 22.5. The standard InChI is InChI=1S/C19H14F3N5O3S/c1-7(23-9-3-4-12-13(5-9)31-17(26-12)18(29)30)10-6-11-15(24-8(2)25-16(11)28)27-14(10)19(20,21)22/h3-7,23H,1-2H3,(H,29,30)(H,24,25,27,28)/t7-/m0/s1. The van der Waals surface area contributed by atoms with Crippen molar-refractivity contribution in [1.29, 1.82) is 0 Å². The highest BCUT2D eigenvalue weighted by atomic mass is 32.1. The van der Waals surface area contributed by atoms with Crippen molar-refractivity contribution >= 4 is 44.2 Å². The lowest BCUT2D eigenvalue weighted by molar-refractivity contribution is -0.141. The number of thiazole rings is 1. The SMILES string of the molecule is Cc1nc2nc(C(F)(F)F)c([C@H](C)Nc3ccc4nc(C(=O)O)sc4c3)cc2c(=O)[nH]1. The van der Waals surface area contributed by atoms with E-state index in [1.165, 1.54) is 13.8 Å². The minimum Gasteiger partial charge on any atom is -0.476 e. The van der Waals surface area contributed by atoms with Gasteiger partial charge in [-0.05, 0) is 38.1 Å². The Morgan fingerprint density at radius 2 is 1.97 bits per heavy atom. The first-order valence-corrected chi connectivity index (χ1v) is 9.74. The van der Waals surface area contributed by atoms with E-state index in [2.05, 4.69) is 25.3 Å². The molecule has 0 unspecified atom stereocenters. The number of hydrogen-bond donors (Lipinski definition) is 3. The van der Waals surface area contributed by atoms with E-state index in [-0.39, 0.29) is 27.4 Å². The van der Waals surface area contributed by atoms with E-state index in [1.54, 1.807) is 18.2 Å². The van der Waals surface area contributed by atoms with E-state index in [9.17, 15) is 22.8 Å². The fourth-order valence-electron chi connectivity index (χ4n) is 3.18. The van der Waals surface area contributed by atoms with Crippen LogP contribution in [0.3, 0.4) is 0 Å². The number of aryl methyl sites for hydroxylation is 1. The molecule has 31 heavy (non-hydrogen) atoms. The number of fused-ring (bicyclic) bond motifs is 2. The van der Waals surface area contributed by atoms with Crippen LogP contribution in [-0.2, 0) is 6.18 Å². The van der Waals surface area contributed by atoms with Gasteiger partial charge in [0.25, 0.3) is 5.56 Å². The number of benzene rings is 1. The highest BCUT2D eigenvalue weighted by Crippen LogP contribution is 2.36. The lowest BCUT2D eigenvalue weighted by Crippen LogP contribution is -2.20. The van der Waals surface area contributed by atoms with Crippen LogP contribution in [0.25, 0.3) is 21.3 Å². The van der Waals surface area contributed by atoms with Crippen LogP contribution in [0.15, 0.2) is 29.1 Å². The highest BCUT2D eigenvalue weighted by Gasteiger charge is 2.37. The molecule has 3 N–H and O–H groups in total. The third-order valence-corrected chi connectivity index (χ3v) is 5.54. The number of aromatic nitrogens is 4. The van der Waals surface area contributed by atoms with Gasteiger partial charge < -0.3 is 15.4 Å². The van der Waals surface area contributed by atoms with Crippen LogP contribution in [0, 0.1) is 6.92 Å². The molecule has 160 valence electrons. The highest BCUT2D eigenvalue weighted by molar-refractivity contribution is 7.20. The van der Waals surface area contributed by atoms with Crippen molar-refractivity contribution in [3.05, 3.63) is 56.7 Å². The van der Waals surface area contributed by atoms with Gasteiger partial charge in [-0.25, -0.2) is 19.7 Å². The number of H-pyrrole nitrogens is 1. The average molecular weight is 449 g/mol. The molecule has 1 atom stereocenters. The number of nitrogens with one attached hydrogen (secondary N) is 2. The Hall–Kier alpha value is -3.54. The van der Waals surface area contributed by atoms with Crippen molar-refractivity contribution in [3.63, 3.8) is 0 Å². The molecule has 0 amide bonds. The minimum absolute atomic E-state index is 0.0498. The summed E-state index contributed by atoms with van der Waals surface area (Å²) >= 11 is 0.958. The number of nitrogens with zero attached hydrogens (tertiary/aromatic N) is 3. The van der Waals surface area contributed by atoms with Crippen LogP contribution in [0.5, 0.6) is 0 Å². The molecule has 0 aliphatic carbocycles. The number of carboxylic acids is 1. The molecule has 12 heteroatoms. The topological polar surface area (TPSA) is 121 Å². The van der Waals surface area contributed by atoms with Crippen LogP contribution in [0.4, 0.5) is 18.9 Å². The lowest BCUT2D eigenvalue weighted by Gasteiger charge is -2.20. The maximum absolute atomic E-state index is 13.7. The second-order valence-corrected chi connectivity index (χ2v) is 7.85. The van der Waals surface area contributed by atoms with Gasteiger partial charge in [-0.15, -0.1) is 11.3 Å². The maximum atomic E-state index is 13.7. The fraction of sp³-hybridized carbons (Fsp3) is 0.211. The third kappa shape index (κ3) is 3.93. The summed E-state index contributed by atoms with van der Waals surface area (Å²) in [6.07, 6.45) is -4.75. The summed E-state index contributed by atoms with van der Waals surface area (Å²) < 4.78 is 41.7. The molecule has 0 radical (unpaired) electrons. The van der Waals surface area contributed by atoms with Crippen LogP contribution in [0.1, 0.15) is 39.8 Å². The van der Waals surface area contributed by atoms with Gasteiger partial charge in [0.15, 0.2) is 11.3 Å². The minimum atomic E-state index is -4.75. The number of pyridine rings is 1. The first-order valence-electron chi connectivity index (χ1n) is 8.92. The molecular formula is C19H14F3N5O3S. The second kappa shape index (κ2) is 7.30. The number of anilines is 1. The van der Waals surface area contributed by atoms with Gasteiger partial charge in [-0.3, -0.25) is 4.79 Å². The molecule has 1 aromatic carbocycles. The second-order valence-electron chi connectivity index (χ2n) is 6.82. The van der Waals surface area contributed by atoms with Crippen molar-refractivity contribution in [3.8, 4) is 0 Å². The zero-order valence-electron chi connectivity index (χ0n) is 16.0. The molecule has 0 saturated heterocycles. The number of carbonyl (C=O) groups is 1. The zero-order valence-corrected chi connectivity index (χ0v) is 16.9. The van der Waals surface area contributed by atoms with Crippen LogP contribution >= 0.6 is 11.3 Å². The molecule has 4 rings (SSSR count). The summed E-state index contributed by atoms with van der Waals surface area (Å²) in [6.45, 7) is 2.96. The van der Waals surface area contributed by atoms with Gasteiger partial charge in [-0.2, -0.15) is 13.2 Å². The van der Waals surface area contributed by atoms with E-state index in [4.69, 9.17) is 5.11 Å². The van der Waals surface area contributed by atoms with Crippen molar-refractivity contribution in [2.45, 2.75) is 26.1 Å². The van der Waals surface area contributed by atoms with Crippen molar-refractivity contribution in [2.75, 3.05) is 5.32 Å². The predicted molar refractivity (Wildman–Crippen MR) is 109 cm³/mol. The molecule has 0 spiro atoms. The van der Waals surface area contributed by atoms with Gasteiger partial charge in [0, 0.05) is 11.3 Å². The Morgan fingerprint density at radius 1 is 1.23 bits per heavy atom. The number of alkyl halides is 3. The predicted octanol–water partition coefficient (Wildman–Crippen LogP) is 4.13. The summed E-state index contributed by atoms with van der Waals surface area (Å²) in [7, 11) is 0. The Kier molecular flexibility index (Phi) is 4.88. The summed E-state index contributed by atoms with van der Waals surface area (Å²) in [5.41, 5.74) is -1.28. The summed E-state index contributed by atoms with van der Waals surface area (Å²) in [5.74, 6) is -0.995. The van der Waals surface area contributed by atoms with Gasteiger partial charge in [0.05, 0.1) is 21.6 Å². The number of aromatic carboxylic acids is 1. The third-order valence-electron chi connectivity index (χ3n) is 4.53. The lowest BCUT2D eigenvalue weighted by atomic mass is 10.0. The Morgan fingerprint density at radius 3 is 2.65 bits per heavy atom. The Bertz CT molecular complexity index is 1400. The molecule has 0 aliphatic heterocycles. The quantitative estimate of drug-likeness (QED) is 0.428. The molecule has 3 heterocycles. The van der Waals surface area contributed by atoms with Gasteiger partial charge in [0.2, 0.25) is 5.01 Å². The largest absolute Gasteiger partial charge is 0.476 e. The molecule has 0 fully saturated rings. The molecular weight excluding hydrogens is 435 g/mol. The summed E-state index contributed by atoms with van der Waals surface area (Å²) in [4.78, 5) is 37.3. The van der Waals surface area contributed by atoms with Crippen LogP contribution in [0.2, 0.25) is 0 Å². The van der Waals surface area contributed by atoms with Gasteiger partial charge >= 0.3 is 12.1 Å². The number of rotatable bonds is 4. The number of hydrogen-bond acceptors (Lipinski definition) is 7. The number of aromatic amines is 1. The van der Waals surface area contributed by atoms with Gasteiger partial charge in [0.1, 0.15) is 5.82 Å². The van der Waals surface area contributed by atoms with E-state index in [1.807, 2.05) is 0 Å². The van der Waals surface area contributed by atoms with E-state index < -0.39 is 29.4 Å². The maximum Gasteiger partial charge on any atom is 0.433 e. The average Bonchev–Trinajstić information content (AvgIpc) is 3.10. The first-order chi connectivity index (χ1) is 14.5. The first kappa shape index (κ1) is 20.7. The van der Waals surface area contributed by atoms with Gasteiger partial charge in [-0.1, -0.05) is 0 Å². The number of halogens is 3. The smallest absolute Gasteiger partial charge is 0.433 e. The molecule has 0 bridgehead atoms.